The number of rotatable bonds is 14. The zero-order chi connectivity index (χ0) is 14.3. The van der Waals surface area contributed by atoms with Crippen LogP contribution in [-0.4, -0.2) is 71.6 Å². The van der Waals surface area contributed by atoms with Crippen molar-refractivity contribution in [2.24, 2.45) is 0 Å². The van der Waals surface area contributed by atoms with Gasteiger partial charge in [0.25, 0.3) is 0 Å². The zero-order valence-corrected chi connectivity index (χ0v) is 12.3. The fourth-order valence-corrected chi connectivity index (χ4v) is 2.68. The minimum atomic E-state index is -0.863. The fraction of sp³-hybridized carbons (Fsp3) is 0.818. The molecular weight excluding hydrogens is 292 g/mol. The van der Waals surface area contributed by atoms with Gasteiger partial charge in [-0.25, -0.2) is 0 Å². The van der Waals surface area contributed by atoms with E-state index in [1.807, 2.05) is 0 Å². The highest BCUT2D eigenvalue weighted by Gasteiger charge is 1.98. The summed E-state index contributed by atoms with van der Waals surface area (Å²) in [6.45, 7) is 1.71. The summed E-state index contributed by atoms with van der Waals surface area (Å²) in [4.78, 5) is 20.4. The molecule has 8 heteroatoms. The zero-order valence-electron chi connectivity index (χ0n) is 10.7. The molecule has 0 aromatic rings. The molecule has 0 aliphatic carbocycles. The molecule has 0 saturated heterocycles. The molecular formula is C11H20O6S2. The first-order valence-corrected chi connectivity index (χ1v) is 8.18. The van der Waals surface area contributed by atoms with Crippen molar-refractivity contribution >= 4 is 35.5 Å². The lowest BCUT2D eigenvalue weighted by molar-refractivity contribution is -0.138. The second kappa shape index (κ2) is 14.0. The van der Waals surface area contributed by atoms with Gasteiger partial charge in [0.2, 0.25) is 0 Å². The fourth-order valence-electron chi connectivity index (χ4n) is 0.979. The van der Waals surface area contributed by atoms with E-state index in [0.717, 1.165) is 17.3 Å². The van der Waals surface area contributed by atoms with Crippen LogP contribution in [0.3, 0.4) is 0 Å². The molecule has 0 aromatic carbocycles. The number of thioether (sulfide) groups is 2. The van der Waals surface area contributed by atoms with Crippen LogP contribution in [0.1, 0.15) is 6.42 Å². The molecule has 19 heavy (non-hydrogen) atoms. The first kappa shape index (κ1) is 18.6. The molecule has 0 aliphatic rings. The van der Waals surface area contributed by atoms with E-state index < -0.39 is 11.9 Å². The second-order valence-corrected chi connectivity index (χ2v) is 5.76. The lowest BCUT2D eigenvalue weighted by atomic mass is 10.5. The summed E-state index contributed by atoms with van der Waals surface area (Å²) in [6.07, 6.45) is 0.0177. The third-order valence-corrected chi connectivity index (χ3v) is 3.95. The van der Waals surface area contributed by atoms with Gasteiger partial charge >= 0.3 is 11.9 Å². The molecule has 0 saturated carbocycles. The van der Waals surface area contributed by atoms with Gasteiger partial charge in [-0.05, 0) is 0 Å². The van der Waals surface area contributed by atoms with Gasteiger partial charge in [0.15, 0.2) is 0 Å². The summed E-state index contributed by atoms with van der Waals surface area (Å²) in [6, 6.07) is 0. The quantitative estimate of drug-likeness (QED) is 0.460. The normalized spacial score (nSPS) is 10.5. The topological polar surface area (TPSA) is 93.1 Å². The van der Waals surface area contributed by atoms with Crippen LogP contribution in [0.15, 0.2) is 0 Å². The van der Waals surface area contributed by atoms with Gasteiger partial charge in [0.05, 0.1) is 38.6 Å². The van der Waals surface area contributed by atoms with Crippen molar-refractivity contribution < 1.29 is 29.3 Å². The average molecular weight is 312 g/mol. The van der Waals surface area contributed by atoms with Crippen molar-refractivity contribution in [3.63, 3.8) is 0 Å². The molecule has 0 radical (unpaired) electrons. The van der Waals surface area contributed by atoms with Crippen molar-refractivity contribution in [1.82, 2.24) is 0 Å². The lowest BCUT2D eigenvalue weighted by Crippen LogP contribution is -2.09. The number of ether oxygens (including phenoxy) is 2. The van der Waals surface area contributed by atoms with Crippen molar-refractivity contribution in [2.75, 3.05) is 49.4 Å². The molecule has 0 bridgehead atoms. The number of carbonyl (C=O) groups is 2. The predicted octanol–water partition coefficient (Wildman–Crippen LogP) is 1.05. The minimum Gasteiger partial charge on any atom is -0.481 e. The highest BCUT2D eigenvalue weighted by Crippen LogP contribution is 2.06. The van der Waals surface area contributed by atoms with E-state index in [1.165, 1.54) is 11.8 Å². The van der Waals surface area contributed by atoms with Crippen molar-refractivity contribution in [3.05, 3.63) is 0 Å². The molecule has 0 aromatic heterocycles. The average Bonchev–Trinajstić information content (AvgIpc) is 2.34. The third-order valence-electron chi connectivity index (χ3n) is 1.80. The number of carboxylic acid groups (broad SMARTS) is 2. The van der Waals surface area contributed by atoms with E-state index in [2.05, 4.69) is 0 Å². The lowest BCUT2D eigenvalue weighted by Gasteiger charge is -2.05. The standard InChI is InChI=1S/C11H20O6S2/c12-10(13)1-2-16-3-4-17-5-6-18-7-8-19-9-11(14)15/h1-9H2,(H,12,13)(H,14,15). The molecule has 0 spiro atoms. The van der Waals surface area contributed by atoms with E-state index >= 15 is 0 Å². The Hall–Kier alpha value is -0.440. The van der Waals surface area contributed by atoms with E-state index in [-0.39, 0.29) is 18.8 Å². The number of aliphatic carboxylic acids is 2. The molecule has 2 N–H and O–H groups in total. The molecule has 0 aliphatic heterocycles. The molecule has 0 unspecified atom stereocenters. The third kappa shape index (κ3) is 17.6. The van der Waals surface area contributed by atoms with Crippen LogP contribution in [-0.2, 0) is 19.1 Å². The molecule has 0 fully saturated rings. The van der Waals surface area contributed by atoms with Crippen LogP contribution >= 0.6 is 23.5 Å². The SMILES string of the molecule is O=C(O)CCOCCOCCSCCSCC(=O)O. The first-order chi connectivity index (χ1) is 9.13. The van der Waals surface area contributed by atoms with E-state index in [0.29, 0.717) is 19.8 Å². The first-order valence-electron chi connectivity index (χ1n) is 5.87. The highest BCUT2D eigenvalue weighted by molar-refractivity contribution is 8.03. The Morgan fingerprint density at radius 1 is 0.789 bits per heavy atom. The summed E-state index contributed by atoms with van der Waals surface area (Å²) in [5.74, 6) is 1.12. The van der Waals surface area contributed by atoms with Gasteiger partial charge in [-0.3, -0.25) is 9.59 Å². The number of hydrogen-bond donors (Lipinski definition) is 2. The Labute approximate surface area is 121 Å². The number of hydrogen-bond acceptors (Lipinski definition) is 6. The molecule has 6 nitrogen and oxygen atoms in total. The smallest absolute Gasteiger partial charge is 0.313 e. The maximum atomic E-state index is 10.2. The largest absolute Gasteiger partial charge is 0.481 e. The summed E-state index contributed by atoms with van der Waals surface area (Å²) >= 11 is 3.13. The van der Waals surface area contributed by atoms with Crippen LogP contribution in [0.5, 0.6) is 0 Å². The van der Waals surface area contributed by atoms with Crippen LogP contribution in [0, 0.1) is 0 Å². The van der Waals surface area contributed by atoms with Crippen molar-refractivity contribution in [3.8, 4) is 0 Å². The predicted molar refractivity (Wildman–Crippen MR) is 76.2 cm³/mol. The van der Waals surface area contributed by atoms with Gasteiger partial charge in [0, 0.05) is 17.3 Å². The number of carboxylic acids is 2. The van der Waals surface area contributed by atoms with Gasteiger partial charge < -0.3 is 19.7 Å². The Morgan fingerprint density at radius 2 is 1.42 bits per heavy atom. The Bertz CT molecular complexity index is 225. The van der Waals surface area contributed by atoms with Gasteiger partial charge in [-0.1, -0.05) is 0 Å². The van der Waals surface area contributed by atoms with Crippen molar-refractivity contribution in [2.45, 2.75) is 6.42 Å². The Kier molecular flexibility index (Phi) is 13.7. The Balaban J connectivity index is 2.99. The van der Waals surface area contributed by atoms with E-state index in [1.54, 1.807) is 11.8 Å². The van der Waals surface area contributed by atoms with Crippen LogP contribution in [0.25, 0.3) is 0 Å². The van der Waals surface area contributed by atoms with E-state index in [4.69, 9.17) is 19.7 Å². The molecule has 0 atom stereocenters. The molecule has 112 valence electrons. The summed E-state index contributed by atoms with van der Waals surface area (Å²) in [7, 11) is 0. The minimum absolute atomic E-state index is 0.0177. The maximum Gasteiger partial charge on any atom is 0.313 e. The highest BCUT2D eigenvalue weighted by atomic mass is 32.2. The van der Waals surface area contributed by atoms with Crippen LogP contribution in [0.2, 0.25) is 0 Å². The van der Waals surface area contributed by atoms with E-state index in [9.17, 15) is 9.59 Å². The van der Waals surface area contributed by atoms with Gasteiger partial charge in [-0.15, -0.1) is 11.8 Å². The Morgan fingerprint density at radius 3 is 2.05 bits per heavy atom. The van der Waals surface area contributed by atoms with Gasteiger partial charge in [0.1, 0.15) is 0 Å². The molecule has 0 amide bonds. The summed E-state index contributed by atoms with van der Waals surface area (Å²) < 4.78 is 10.3. The maximum absolute atomic E-state index is 10.2. The van der Waals surface area contributed by atoms with Gasteiger partial charge in [-0.2, -0.15) is 11.8 Å². The van der Waals surface area contributed by atoms with Crippen LogP contribution < -0.4 is 0 Å². The second-order valence-electron chi connectivity index (χ2n) is 3.43. The summed E-state index contributed by atoms with van der Waals surface area (Å²) in [5.41, 5.74) is 0. The van der Waals surface area contributed by atoms with Crippen LogP contribution in [0.4, 0.5) is 0 Å². The van der Waals surface area contributed by atoms with Crippen molar-refractivity contribution in [1.29, 1.82) is 0 Å². The summed E-state index contributed by atoms with van der Waals surface area (Å²) in [5, 5.41) is 16.8. The monoisotopic (exact) mass is 312 g/mol. The molecule has 0 rings (SSSR count). The molecule has 0 heterocycles.